The topological polar surface area (TPSA) is 64.7 Å². The Bertz CT molecular complexity index is 314. The van der Waals surface area contributed by atoms with Gasteiger partial charge in [0.1, 0.15) is 0 Å². The van der Waals surface area contributed by atoms with Gasteiger partial charge in [-0.25, -0.2) is 0 Å². The van der Waals surface area contributed by atoms with Crippen molar-refractivity contribution in [1.82, 2.24) is 0 Å². The first-order valence-electron chi connectivity index (χ1n) is 4.08. The number of rotatable bonds is 2. The van der Waals surface area contributed by atoms with Crippen molar-refractivity contribution in [1.29, 1.82) is 0 Å². The van der Waals surface area contributed by atoms with Crippen molar-refractivity contribution in [2.45, 2.75) is 6.04 Å². The Morgan fingerprint density at radius 1 is 1.46 bits per heavy atom. The molecule has 4 nitrogen and oxygen atoms in total. The number of ether oxygens (including phenoxy) is 2. The fraction of sp³-hybridized carbons (Fsp3) is 0.333. The first-order chi connectivity index (χ1) is 6.33. The molecule has 0 amide bonds. The third-order valence-corrected chi connectivity index (χ3v) is 2.02. The molecule has 0 aromatic heterocycles. The zero-order valence-corrected chi connectivity index (χ0v) is 7.06. The highest BCUT2D eigenvalue weighted by atomic mass is 16.7. The lowest BCUT2D eigenvalue weighted by Gasteiger charge is -2.10. The first-order valence-corrected chi connectivity index (χ1v) is 4.08. The molecule has 1 aliphatic rings. The van der Waals surface area contributed by atoms with Crippen LogP contribution in [0.4, 0.5) is 0 Å². The summed E-state index contributed by atoms with van der Waals surface area (Å²) in [4.78, 5) is 0. The second-order valence-electron chi connectivity index (χ2n) is 2.87. The number of nitrogens with two attached hydrogens (primary N) is 1. The van der Waals surface area contributed by atoms with Crippen LogP contribution in [0.1, 0.15) is 11.6 Å². The van der Waals surface area contributed by atoms with Crippen LogP contribution in [0.25, 0.3) is 0 Å². The Morgan fingerprint density at radius 3 is 3.08 bits per heavy atom. The second kappa shape index (κ2) is 3.24. The monoisotopic (exact) mass is 181 g/mol. The van der Waals surface area contributed by atoms with E-state index < -0.39 is 6.04 Å². The molecular formula is C9H11NO3. The van der Waals surface area contributed by atoms with Crippen LogP contribution in [0.5, 0.6) is 11.5 Å². The van der Waals surface area contributed by atoms with E-state index in [9.17, 15) is 0 Å². The van der Waals surface area contributed by atoms with Gasteiger partial charge in [-0.15, -0.1) is 0 Å². The van der Waals surface area contributed by atoms with Gasteiger partial charge in [-0.05, 0) is 6.07 Å². The average Bonchev–Trinajstić information content (AvgIpc) is 2.63. The number of fused-ring (bicyclic) bond motifs is 1. The molecule has 1 aromatic carbocycles. The van der Waals surface area contributed by atoms with Gasteiger partial charge >= 0.3 is 0 Å². The largest absolute Gasteiger partial charge is 0.454 e. The third kappa shape index (κ3) is 1.34. The standard InChI is InChI=1S/C9H11NO3/c10-7(4-11)6-2-1-3-8-9(6)13-5-12-8/h1-3,7,11H,4-5,10H2/t7-/m0/s1. The smallest absolute Gasteiger partial charge is 0.231 e. The van der Waals surface area contributed by atoms with Crippen LogP contribution >= 0.6 is 0 Å². The fourth-order valence-corrected chi connectivity index (χ4v) is 1.34. The van der Waals surface area contributed by atoms with Crippen molar-refractivity contribution in [2.75, 3.05) is 13.4 Å². The number of aliphatic hydroxyl groups excluding tert-OH is 1. The van der Waals surface area contributed by atoms with Crippen molar-refractivity contribution in [3.05, 3.63) is 23.8 Å². The molecule has 0 spiro atoms. The molecule has 0 fully saturated rings. The SMILES string of the molecule is N[C@@H](CO)c1cccc2c1OCO2. The highest BCUT2D eigenvalue weighted by Crippen LogP contribution is 2.37. The maximum Gasteiger partial charge on any atom is 0.231 e. The van der Waals surface area contributed by atoms with Crippen LogP contribution in [-0.4, -0.2) is 18.5 Å². The summed E-state index contributed by atoms with van der Waals surface area (Å²) in [5.74, 6) is 1.35. The minimum absolute atomic E-state index is 0.0974. The summed E-state index contributed by atoms with van der Waals surface area (Å²) in [6.45, 7) is 0.129. The van der Waals surface area contributed by atoms with Crippen molar-refractivity contribution in [2.24, 2.45) is 5.73 Å². The molecule has 0 aliphatic carbocycles. The van der Waals surface area contributed by atoms with Crippen molar-refractivity contribution < 1.29 is 14.6 Å². The van der Waals surface area contributed by atoms with Crippen molar-refractivity contribution >= 4 is 0 Å². The van der Waals surface area contributed by atoms with Gasteiger partial charge in [0.2, 0.25) is 6.79 Å². The number of benzene rings is 1. The van der Waals surface area contributed by atoms with E-state index in [0.29, 0.717) is 11.5 Å². The molecule has 1 aromatic rings. The molecule has 0 saturated carbocycles. The third-order valence-electron chi connectivity index (χ3n) is 2.02. The van der Waals surface area contributed by atoms with E-state index in [1.165, 1.54) is 0 Å². The van der Waals surface area contributed by atoms with Crippen molar-refractivity contribution in [3.63, 3.8) is 0 Å². The molecule has 1 atom stereocenters. The van der Waals surface area contributed by atoms with Gasteiger partial charge in [0.05, 0.1) is 12.6 Å². The molecule has 3 N–H and O–H groups in total. The lowest BCUT2D eigenvalue weighted by Crippen LogP contribution is -2.14. The van der Waals surface area contributed by atoms with Gasteiger partial charge in [0.25, 0.3) is 0 Å². The Balaban J connectivity index is 2.41. The summed E-state index contributed by atoms with van der Waals surface area (Å²) >= 11 is 0. The normalized spacial score (nSPS) is 15.8. The van der Waals surface area contributed by atoms with E-state index in [-0.39, 0.29) is 13.4 Å². The highest BCUT2D eigenvalue weighted by Gasteiger charge is 2.20. The van der Waals surface area contributed by atoms with Crippen LogP contribution in [0, 0.1) is 0 Å². The first kappa shape index (κ1) is 8.34. The molecule has 0 saturated heterocycles. The molecule has 2 rings (SSSR count). The minimum atomic E-state index is -0.406. The lowest BCUT2D eigenvalue weighted by molar-refractivity contribution is 0.172. The van der Waals surface area contributed by atoms with Crippen LogP contribution < -0.4 is 15.2 Å². The number of para-hydroxylation sites is 1. The summed E-state index contributed by atoms with van der Waals surface area (Å²) in [6, 6.07) is 5.07. The second-order valence-corrected chi connectivity index (χ2v) is 2.87. The van der Waals surface area contributed by atoms with Crippen LogP contribution in [-0.2, 0) is 0 Å². The Hall–Kier alpha value is -1.26. The van der Waals surface area contributed by atoms with Crippen LogP contribution in [0.2, 0.25) is 0 Å². The summed E-state index contributed by atoms with van der Waals surface area (Å²) in [5.41, 5.74) is 6.47. The van der Waals surface area contributed by atoms with Gasteiger partial charge in [0, 0.05) is 5.56 Å². The molecule has 0 unspecified atom stereocenters. The number of aliphatic hydroxyl groups is 1. The highest BCUT2D eigenvalue weighted by molar-refractivity contribution is 5.49. The zero-order chi connectivity index (χ0) is 9.26. The minimum Gasteiger partial charge on any atom is -0.454 e. The molecule has 13 heavy (non-hydrogen) atoms. The summed E-state index contributed by atoms with van der Waals surface area (Å²) in [7, 11) is 0. The Kier molecular flexibility index (Phi) is 2.08. The summed E-state index contributed by atoms with van der Waals surface area (Å²) in [5, 5.41) is 8.90. The summed E-state index contributed by atoms with van der Waals surface area (Å²) in [6.07, 6.45) is 0. The van der Waals surface area contributed by atoms with E-state index in [1.807, 2.05) is 18.2 Å². The van der Waals surface area contributed by atoms with E-state index >= 15 is 0 Å². The molecule has 70 valence electrons. The van der Waals surface area contributed by atoms with E-state index in [0.717, 1.165) is 5.56 Å². The predicted molar refractivity (Wildman–Crippen MR) is 46.6 cm³/mol. The average molecular weight is 181 g/mol. The number of hydrogen-bond acceptors (Lipinski definition) is 4. The zero-order valence-electron chi connectivity index (χ0n) is 7.06. The van der Waals surface area contributed by atoms with E-state index in [2.05, 4.69) is 0 Å². The Morgan fingerprint density at radius 2 is 2.31 bits per heavy atom. The van der Waals surface area contributed by atoms with E-state index in [4.69, 9.17) is 20.3 Å². The molecule has 0 bridgehead atoms. The van der Waals surface area contributed by atoms with Gasteiger partial charge in [0.15, 0.2) is 11.5 Å². The molecule has 1 aliphatic heterocycles. The Labute approximate surface area is 75.9 Å². The molecular weight excluding hydrogens is 170 g/mol. The maximum absolute atomic E-state index is 8.90. The molecule has 4 heteroatoms. The van der Waals surface area contributed by atoms with Gasteiger partial charge < -0.3 is 20.3 Å². The fourth-order valence-electron chi connectivity index (χ4n) is 1.34. The number of hydrogen-bond donors (Lipinski definition) is 2. The summed E-state index contributed by atoms with van der Waals surface area (Å²) < 4.78 is 10.4. The quantitative estimate of drug-likeness (QED) is 0.693. The van der Waals surface area contributed by atoms with E-state index in [1.54, 1.807) is 0 Å². The van der Waals surface area contributed by atoms with Crippen LogP contribution in [0.3, 0.4) is 0 Å². The van der Waals surface area contributed by atoms with Crippen molar-refractivity contribution in [3.8, 4) is 11.5 Å². The molecule has 0 radical (unpaired) electrons. The predicted octanol–water partition coefficient (Wildman–Crippen LogP) is 0.407. The van der Waals surface area contributed by atoms with Gasteiger partial charge in [-0.1, -0.05) is 12.1 Å². The van der Waals surface area contributed by atoms with Crippen LogP contribution in [0.15, 0.2) is 18.2 Å². The lowest BCUT2D eigenvalue weighted by atomic mass is 10.1. The molecule has 1 heterocycles. The van der Waals surface area contributed by atoms with Gasteiger partial charge in [-0.2, -0.15) is 0 Å². The van der Waals surface area contributed by atoms with Gasteiger partial charge in [-0.3, -0.25) is 0 Å². The maximum atomic E-state index is 8.90.